The summed E-state index contributed by atoms with van der Waals surface area (Å²) in [6.07, 6.45) is 2.12. The van der Waals surface area contributed by atoms with Crippen LogP contribution in [0.4, 0.5) is 0 Å². The quantitative estimate of drug-likeness (QED) is 0.783. The number of amides is 2. The van der Waals surface area contributed by atoms with Gasteiger partial charge >= 0.3 is 0 Å². The number of hydrogen-bond donors (Lipinski definition) is 3. The van der Waals surface area contributed by atoms with Crippen molar-refractivity contribution in [3.8, 4) is 0 Å². The van der Waals surface area contributed by atoms with Crippen LogP contribution < -0.4 is 16.0 Å². The molecule has 5 nitrogen and oxygen atoms in total. The molecule has 116 valence electrons. The van der Waals surface area contributed by atoms with Crippen LogP contribution in [-0.2, 0) is 11.3 Å². The summed E-state index contributed by atoms with van der Waals surface area (Å²) in [5, 5.41) is 9.04. The summed E-state index contributed by atoms with van der Waals surface area (Å²) < 4.78 is 0. The van der Waals surface area contributed by atoms with Gasteiger partial charge in [0.05, 0.1) is 0 Å². The highest BCUT2D eigenvalue weighted by Gasteiger charge is 2.16. The van der Waals surface area contributed by atoms with E-state index in [4.69, 9.17) is 0 Å². The highest BCUT2D eigenvalue weighted by atomic mass is 35.5. The molecule has 0 unspecified atom stereocenters. The van der Waals surface area contributed by atoms with Gasteiger partial charge in [-0.1, -0.05) is 12.1 Å². The number of carbonyl (C=O) groups is 2. The minimum absolute atomic E-state index is 0. The van der Waals surface area contributed by atoms with Crippen LogP contribution in [0.5, 0.6) is 0 Å². The zero-order valence-electron chi connectivity index (χ0n) is 12.1. The third-order valence-corrected chi connectivity index (χ3v) is 3.39. The van der Waals surface area contributed by atoms with Gasteiger partial charge < -0.3 is 16.0 Å². The Bertz CT molecular complexity index is 470. The van der Waals surface area contributed by atoms with E-state index in [0.717, 1.165) is 31.5 Å². The van der Waals surface area contributed by atoms with Crippen molar-refractivity contribution >= 4 is 24.2 Å². The van der Waals surface area contributed by atoms with Gasteiger partial charge in [0, 0.05) is 31.6 Å². The number of hydrogen-bond acceptors (Lipinski definition) is 3. The molecule has 1 saturated heterocycles. The summed E-state index contributed by atoms with van der Waals surface area (Å²) in [4.78, 5) is 22.9. The normalized spacial score (nSPS) is 17.5. The summed E-state index contributed by atoms with van der Waals surface area (Å²) >= 11 is 0. The van der Waals surface area contributed by atoms with E-state index in [1.807, 2.05) is 12.1 Å². The lowest BCUT2D eigenvalue weighted by molar-refractivity contribution is -0.119. The standard InChI is InChI=1S/C15H21N3O2.ClH/c1-11(19)17-9-12-4-6-13(7-5-12)15(20)18-14-3-2-8-16-10-14;/h4-7,14,16H,2-3,8-10H2,1H3,(H,17,19)(H,18,20);1H/t14-;/m0./s1. The maximum atomic E-state index is 12.1. The lowest BCUT2D eigenvalue weighted by Gasteiger charge is -2.23. The fourth-order valence-corrected chi connectivity index (χ4v) is 2.24. The Morgan fingerprint density at radius 3 is 2.57 bits per heavy atom. The van der Waals surface area contributed by atoms with Crippen molar-refractivity contribution < 1.29 is 9.59 Å². The smallest absolute Gasteiger partial charge is 0.251 e. The van der Waals surface area contributed by atoms with Crippen molar-refractivity contribution in [3.63, 3.8) is 0 Å². The van der Waals surface area contributed by atoms with Gasteiger partial charge in [-0.25, -0.2) is 0 Å². The van der Waals surface area contributed by atoms with E-state index in [1.54, 1.807) is 12.1 Å². The summed E-state index contributed by atoms with van der Waals surface area (Å²) in [7, 11) is 0. The molecule has 2 rings (SSSR count). The predicted octanol–water partition coefficient (Wildman–Crippen LogP) is 1.23. The summed E-state index contributed by atoms with van der Waals surface area (Å²) in [5.41, 5.74) is 1.64. The first-order valence-corrected chi connectivity index (χ1v) is 7.00. The average Bonchev–Trinajstić information content (AvgIpc) is 2.46. The van der Waals surface area contributed by atoms with E-state index in [1.165, 1.54) is 6.92 Å². The lowest BCUT2D eigenvalue weighted by atomic mass is 10.1. The molecule has 0 aromatic heterocycles. The summed E-state index contributed by atoms with van der Waals surface area (Å²) in [6, 6.07) is 7.54. The SMILES string of the molecule is CC(=O)NCc1ccc(C(=O)N[C@H]2CCCNC2)cc1.Cl. The van der Waals surface area contributed by atoms with Gasteiger partial charge in [-0.2, -0.15) is 0 Å². The fourth-order valence-electron chi connectivity index (χ4n) is 2.24. The Hall–Kier alpha value is -1.59. The van der Waals surface area contributed by atoms with E-state index < -0.39 is 0 Å². The Kier molecular flexibility index (Phi) is 7.19. The first kappa shape index (κ1) is 17.5. The maximum Gasteiger partial charge on any atom is 0.251 e. The highest BCUT2D eigenvalue weighted by Crippen LogP contribution is 2.07. The van der Waals surface area contributed by atoms with Crippen LogP contribution in [0.25, 0.3) is 0 Å². The Labute approximate surface area is 131 Å². The maximum absolute atomic E-state index is 12.1. The molecule has 0 spiro atoms. The van der Waals surface area contributed by atoms with Crippen LogP contribution in [0.2, 0.25) is 0 Å². The zero-order valence-corrected chi connectivity index (χ0v) is 13.0. The van der Waals surface area contributed by atoms with Crippen LogP contribution >= 0.6 is 12.4 Å². The molecule has 1 heterocycles. The molecule has 21 heavy (non-hydrogen) atoms. The summed E-state index contributed by atoms with van der Waals surface area (Å²) in [5.74, 6) is -0.0959. The minimum atomic E-state index is -0.0587. The van der Waals surface area contributed by atoms with Crippen LogP contribution in [-0.4, -0.2) is 30.9 Å². The zero-order chi connectivity index (χ0) is 14.4. The van der Waals surface area contributed by atoms with Crippen LogP contribution in [0, 0.1) is 0 Å². The fraction of sp³-hybridized carbons (Fsp3) is 0.467. The van der Waals surface area contributed by atoms with Crippen molar-refractivity contribution in [1.82, 2.24) is 16.0 Å². The molecule has 1 fully saturated rings. The molecule has 0 bridgehead atoms. The molecule has 0 saturated carbocycles. The largest absolute Gasteiger partial charge is 0.352 e. The number of halogens is 1. The van der Waals surface area contributed by atoms with Gasteiger partial charge in [-0.05, 0) is 37.1 Å². The monoisotopic (exact) mass is 311 g/mol. The van der Waals surface area contributed by atoms with Crippen molar-refractivity contribution in [2.75, 3.05) is 13.1 Å². The second kappa shape index (κ2) is 8.64. The van der Waals surface area contributed by atoms with Crippen molar-refractivity contribution in [1.29, 1.82) is 0 Å². The highest BCUT2D eigenvalue weighted by molar-refractivity contribution is 5.94. The molecule has 1 aliphatic heterocycles. The molecule has 6 heteroatoms. The lowest BCUT2D eigenvalue weighted by Crippen LogP contribution is -2.45. The van der Waals surface area contributed by atoms with Crippen molar-refractivity contribution in [3.05, 3.63) is 35.4 Å². The van der Waals surface area contributed by atoms with E-state index in [9.17, 15) is 9.59 Å². The molecule has 1 aromatic carbocycles. The first-order valence-electron chi connectivity index (χ1n) is 7.00. The minimum Gasteiger partial charge on any atom is -0.352 e. The van der Waals surface area contributed by atoms with Gasteiger partial charge in [0.2, 0.25) is 5.91 Å². The third kappa shape index (κ3) is 5.73. The second-order valence-electron chi connectivity index (χ2n) is 5.12. The molecule has 1 aliphatic rings. The Balaban J connectivity index is 0.00000220. The third-order valence-electron chi connectivity index (χ3n) is 3.39. The van der Waals surface area contributed by atoms with Gasteiger partial charge in [-0.3, -0.25) is 9.59 Å². The summed E-state index contributed by atoms with van der Waals surface area (Å²) in [6.45, 7) is 3.85. The number of carbonyl (C=O) groups excluding carboxylic acids is 2. The topological polar surface area (TPSA) is 70.2 Å². The molecular formula is C15H22ClN3O2. The Morgan fingerprint density at radius 2 is 2.00 bits per heavy atom. The van der Waals surface area contributed by atoms with E-state index in [-0.39, 0.29) is 30.3 Å². The number of rotatable bonds is 4. The number of nitrogens with one attached hydrogen (secondary N) is 3. The molecule has 0 aliphatic carbocycles. The molecule has 0 radical (unpaired) electrons. The average molecular weight is 312 g/mol. The van der Waals surface area contributed by atoms with E-state index >= 15 is 0 Å². The van der Waals surface area contributed by atoms with Crippen LogP contribution in [0.3, 0.4) is 0 Å². The van der Waals surface area contributed by atoms with E-state index in [2.05, 4.69) is 16.0 Å². The predicted molar refractivity (Wildman–Crippen MR) is 84.6 cm³/mol. The first-order chi connectivity index (χ1) is 9.65. The molecule has 1 aromatic rings. The van der Waals surface area contributed by atoms with E-state index in [0.29, 0.717) is 12.1 Å². The molecule has 2 amide bonds. The van der Waals surface area contributed by atoms with Crippen molar-refractivity contribution in [2.45, 2.75) is 32.4 Å². The van der Waals surface area contributed by atoms with Gasteiger partial charge in [0.25, 0.3) is 5.91 Å². The molecular weight excluding hydrogens is 290 g/mol. The second-order valence-corrected chi connectivity index (χ2v) is 5.12. The van der Waals surface area contributed by atoms with Gasteiger partial charge in [0.15, 0.2) is 0 Å². The molecule has 3 N–H and O–H groups in total. The van der Waals surface area contributed by atoms with Crippen LogP contribution in [0.15, 0.2) is 24.3 Å². The van der Waals surface area contributed by atoms with Gasteiger partial charge in [-0.15, -0.1) is 12.4 Å². The number of piperidine rings is 1. The molecule has 1 atom stereocenters. The van der Waals surface area contributed by atoms with Crippen LogP contribution in [0.1, 0.15) is 35.7 Å². The van der Waals surface area contributed by atoms with Crippen molar-refractivity contribution in [2.24, 2.45) is 0 Å². The van der Waals surface area contributed by atoms with Gasteiger partial charge in [0.1, 0.15) is 0 Å². The Morgan fingerprint density at radius 1 is 1.29 bits per heavy atom. The number of benzene rings is 1.